The van der Waals surface area contributed by atoms with Gasteiger partial charge >= 0.3 is 0 Å². The fraction of sp³-hybridized carbons (Fsp3) is 0.0909. The first kappa shape index (κ1) is 19.8. The van der Waals surface area contributed by atoms with Crippen LogP contribution in [0.3, 0.4) is 0 Å². The van der Waals surface area contributed by atoms with Gasteiger partial charge in [0.25, 0.3) is 0 Å². The van der Waals surface area contributed by atoms with Crippen LogP contribution in [-0.4, -0.2) is 10.5 Å². The Bertz CT molecular complexity index is 1140. The largest absolute Gasteiger partial charge is 0.545 e. The molecule has 0 spiro atoms. The minimum Gasteiger partial charge on any atom is -0.545 e. The first-order chi connectivity index (χ1) is 13.3. The fourth-order valence-corrected chi connectivity index (χ4v) is 3.43. The Morgan fingerprint density at radius 2 is 1.79 bits per heavy atom. The van der Waals surface area contributed by atoms with Gasteiger partial charge < -0.3 is 14.5 Å². The standard InChI is InChI=1S/C22H16Cl2N2O2/c1-13-9-16(10-17(12-25)15-3-5-18(23)6-4-15)14(2)26(13)19-7-8-21(24)20(11-19)22(27)28/h3-11H,1-2H3,(H,27,28)/p-1/b17-10+. The number of rotatable bonds is 4. The van der Waals surface area contributed by atoms with E-state index in [1.807, 2.05) is 24.5 Å². The number of aromatic carboxylic acids is 1. The summed E-state index contributed by atoms with van der Waals surface area (Å²) in [7, 11) is 0. The molecule has 0 aliphatic rings. The molecule has 0 amide bonds. The normalized spacial score (nSPS) is 11.3. The molecule has 3 aromatic rings. The highest BCUT2D eigenvalue weighted by Crippen LogP contribution is 2.27. The summed E-state index contributed by atoms with van der Waals surface area (Å²) in [5, 5.41) is 21.6. The average molecular weight is 410 g/mol. The van der Waals surface area contributed by atoms with Crippen LogP contribution in [0.4, 0.5) is 0 Å². The first-order valence-corrected chi connectivity index (χ1v) is 9.15. The summed E-state index contributed by atoms with van der Waals surface area (Å²) in [6.07, 6.45) is 1.80. The maximum atomic E-state index is 11.3. The maximum Gasteiger partial charge on any atom is 0.0998 e. The van der Waals surface area contributed by atoms with Crippen molar-refractivity contribution in [1.82, 2.24) is 4.57 Å². The number of hydrogen-bond acceptors (Lipinski definition) is 3. The van der Waals surface area contributed by atoms with Gasteiger partial charge in [-0.15, -0.1) is 0 Å². The lowest BCUT2D eigenvalue weighted by Gasteiger charge is -2.13. The highest BCUT2D eigenvalue weighted by molar-refractivity contribution is 6.33. The number of allylic oxidation sites excluding steroid dienone is 1. The van der Waals surface area contributed by atoms with Gasteiger partial charge in [0.15, 0.2) is 0 Å². The second-order valence-corrected chi connectivity index (χ2v) is 7.13. The Kier molecular flexibility index (Phi) is 5.60. The van der Waals surface area contributed by atoms with Crippen LogP contribution < -0.4 is 5.11 Å². The second kappa shape index (κ2) is 7.93. The number of carboxylic acid groups (broad SMARTS) is 1. The van der Waals surface area contributed by atoms with Crippen LogP contribution in [0.5, 0.6) is 0 Å². The number of carbonyl (C=O) groups excluding carboxylic acids is 1. The number of aryl methyl sites for hydroxylation is 1. The van der Waals surface area contributed by atoms with E-state index in [-0.39, 0.29) is 10.6 Å². The Hall–Kier alpha value is -3.00. The monoisotopic (exact) mass is 409 g/mol. The third-order valence-electron chi connectivity index (χ3n) is 4.47. The summed E-state index contributed by atoms with van der Waals surface area (Å²) in [4.78, 5) is 11.3. The number of carboxylic acids is 1. The molecule has 1 heterocycles. The van der Waals surface area contributed by atoms with E-state index in [1.165, 1.54) is 12.1 Å². The van der Waals surface area contributed by atoms with Crippen molar-refractivity contribution in [3.8, 4) is 11.8 Å². The zero-order chi connectivity index (χ0) is 20.4. The van der Waals surface area contributed by atoms with Crippen molar-refractivity contribution in [3.05, 3.63) is 86.7 Å². The van der Waals surface area contributed by atoms with Gasteiger partial charge in [0.2, 0.25) is 0 Å². The molecule has 0 unspecified atom stereocenters. The van der Waals surface area contributed by atoms with Gasteiger partial charge in [0.05, 0.1) is 17.6 Å². The smallest absolute Gasteiger partial charge is 0.0998 e. The van der Waals surface area contributed by atoms with E-state index in [0.29, 0.717) is 16.3 Å². The van der Waals surface area contributed by atoms with Gasteiger partial charge in [-0.3, -0.25) is 0 Å². The van der Waals surface area contributed by atoms with E-state index in [1.54, 1.807) is 36.4 Å². The van der Waals surface area contributed by atoms with E-state index in [4.69, 9.17) is 23.2 Å². The molecular formula is C22H15Cl2N2O2-. The number of halogens is 2. The summed E-state index contributed by atoms with van der Waals surface area (Å²) < 4.78 is 1.91. The van der Waals surface area contributed by atoms with Crippen molar-refractivity contribution < 1.29 is 9.90 Å². The molecule has 0 aliphatic carbocycles. The zero-order valence-electron chi connectivity index (χ0n) is 15.2. The highest BCUT2D eigenvalue weighted by Gasteiger charge is 2.13. The number of nitrogens with zero attached hydrogens (tertiary/aromatic N) is 2. The zero-order valence-corrected chi connectivity index (χ0v) is 16.7. The fourth-order valence-electron chi connectivity index (χ4n) is 3.10. The maximum absolute atomic E-state index is 11.3. The molecule has 0 atom stereocenters. The molecule has 2 aromatic carbocycles. The van der Waals surface area contributed by atoms with Crippen molar-refractivity contribution in [3.63, 3.8) is 0 Å². The molecule has 0 fully saturated rings. The molecular weight excluding hydrogens is 395 g/mol. The molecule has 6 heteroatoms. The minimum atomic E-state index is -1.33. The molecule has 0 aliphatic heterocycles. The molecule has 4 nitrogen and oxygen atoms in total. The van der Waals surface area contributed by atoms with Gasteiger partial charge in [-0.25, -0.2) is 0 Å². The van der Waals surface area contributed by atoms with Crippen LogP contribution in [-0.2, 0) is 0 Å². The Morgan fingerprint density at radius 3 is 2.39 bits per heavy atom. The van der Waals surface area contributed by atoms with Crippen LogP contribution in [0, 0.1) is 25.2 Å². The SMILES string of the molecule is Cc1cc(/C=C(\C#N)c2ccc(Cl)cc2)c(C)n1-c1ccc(Cl)c(C(=O)[O-])c1. The predicted octanol–water partition coefficient (Wildman–Crippen LogP) is 4.83. The summed E-state index contributed by atoms with van der Waals surface area (Å²) in [5.41, 5.74) is 4.47. The second-order valence-electron chi connectivity index (χ2n) is 6.29. The minimum absolute atomic E-state index is 0.0670. The van der Waals surface area contributed by atoms with Crippen molar-refractivity contribution in [1.29, 1.82) is 5.26 Å². The molecule has 0 N–H and O–H groups in total. The Labute approximate surface area is 172 Å². The quantitative estimate of drug-likeness (QED) is 0.579. The van der Waals surface area contributed by atoms with E-state index in [0.717, 1.165) is 22.5 Å². The molecule has 140 valence electrons. The van der Waals surface area contributed by atoms with Crippen molar-refractivity contribution in [2.45, 2.75) is 13.8 Å². The molecule has 0 saturated carbocycles. The summed E-state index contributed by atoms with van der Waals surface area (Å²) in [5.74, 6) is -1.33. The van der Waals surface area contributed by atoms with Crippen molar-refractivity contribution >= 4 is 40.8 Å². The molecule has 1 aromatic heterocycles. The number of benzene rings is 2. The Balaban J connectivity index is 2.10. The third kappa shape index (κ3) is 3.82. The van der Waals surface area contributed by atoms with Crippen LogP contribution in [0.2, 0.25) is 10.0 Å². The third-order valence-corrected chi connectivity index (χ3v) is 5.06. The lowest BCUT2D eigenvalue weighted by atomic mass is 10.0. The van der Waals surface area contributed by atoms with E-state index in [2.05, 4.69) is 6.07 Å². The molecule has 28 heavy (non-hydrogen) atoms. The molecule has 0 radical (unpaired) electrons. The summed E-state index contributed by atoms with van der Waals surface area (Å²) >= 11 is 11.9. The van der Waals surface area contributed by atoms with Crippen LogP contribution in [0.25, 0.3) is 17.3 Å². The molecule has 0 saturated heterocycles. The topological polar surface area (TPSA) is 68.8 Å². The molecule has 3 rings (SSSR count). The first-order valence-electron chi connectivity index (χ1n) is 8.39. The molecule has 0 bridgehead atoms. The van der Waals surface area contributed by atoms with E-state index in [9.17, 15) is 15.2 Å². The average Bonchev–Trinajstić information content (AvgIpc) is 2.94. The van der Waals surface area contributed by atoms with Gasteiger partial charge in [0, 0.05) is 32.7 Å². The highest BCUT2D eigenvalue weighted by atomic mass is 35.5. The van der Waals surface area contributed by atoms with Gasteiger partial charge in [-0.1, -0.05) is 35.3 Å². The lowest BCUT2D eigenvalue weighted by Crippen LogP contribution is -2.23. The number of aromatic nitrogens is 1. The summed E-state index contributed by atoms with van der Waals surface area (Å²) in [6.45, 7) is 3.81. The van der Waals surface area contributed by atoms with Crippen LogP contribution >= 0.6 is 23.2 Å². The number of carbonyl (C=O) groups is 1. The summed E-state index contributed by atoms with van der Waals surface area (Å²) in [6, 6.07) is 16.0. The predicted molar refractivity (Wildman–Crippen MR) is 110 cm³/mol. The van der Waals surface area contributed by atoms with Crippen LogP contribution in [0.1, 0.15) is 32.9 Å². The van der Waals surface area contributed by atoms with Gasteiger partial charge in [-0.2, -0.15) is 5.26 Å². The Morgan fingerprint density at radius 1 is 1.11 bits per heavy atom. The lowest BCUT2D eigenvalue weighted by molar-refractivity contribution is -0.255. The van der Waals surface area contributed by atoms with E-state index < -0.39 is 5.97 Å². The number of hydrogen-bond donors (Lipinski definition) is 0. The van der Waals surface area contributed by atoms with E-state index >= 15 is 0 Å². The van der Waals surface area contributed by atoms with Crippen molar-refractivity contribution in [2.24, 2.45) is 0 Å². The van der Waals surface area contributed by atoms with Crippen LogP contribution in [0.15, 0.2) is 48.5 Å². The van der Waals surface area contributed by atoms with Gasteiger partial charge in [0.1, 0.15) is 0 Å². The number of nitriles is 1. The van der Waals surface area contributed by atoms with Crippen molar-refractivity contribution in [2.75, 3.05) is 0 Å². The van der Waals surface area contributed by atoms with Gasteiger partial charge in [-0.05, 0) is 67.4 Å².